The molecule has 140 valence electrons. The SMILES string of the molecule is [B]C1(Nc2nc(NC(C)(C)C)ncc2C(N)=O)CCC([B])(C([B])([B])[B])C([B])(O)C1. The molecule has 1 aliphatic rings. The van der Waals surface area contributed by atoms with Crippen LogP contribution in [0.2, 0.25) is 10.4 Å². The number of carbonyl (C=O) groups is 1. The zero-order valence-corrected chi connectivity index (χ0v) is 17.0. The average molecular weight is 380 g/mol. The van der Waals surface area contributed by atoms with Crippen LogP contribution in [-0.4, -0.2) is 84.5 Å². The Bertz CT molecular complexity index is 797. The fourth-order valence-corrected chi connectivity index (χ4v) is 3.35. The highest BCUT2D eigenvalue weighted by Gasteiger charge is 2.54. The van der Waals surface area contributed by atoms with Gasteiger partial charge in [0.15, 0.2) is 0 Å². The summed E-state index contributed by atoms with van der Waals surface area (Å²) >= 11 is 0. The fraction of sp³-hybridized carbons (Fsp3) is 0.688. The third-order valence-corrected chi connectivity index (χ3v) is 5.00. The largest absolute Gasteiger partial charge is 0.400 e. The molecule has 0 aliphatic heterocycles. The van der Waals surface area contributed by atoms with E-state index in [-0.39, 0.29) is 42.1 Å². The van der Waals surface area contributed by atoms with E-state index in [0.29, 0.717) is 0 Å². The number of amides is 1. The maximum Gasteiger partial charge on any atom is 0.254 e. The molecule has 5 N–H and O–H groups in total. The molecule has 3 atom stereocenters. The first kappa shape index (κ1) is 23.8. The van der Waals surface area contributed by atoms with Crippen LogP contribution in [0.25, 0.3) is 0 Å². The van der Waals surface area contributed by atoms with E-state index in [9.17, 15) is 9.90 Å². The van der Waals surface area contributed by atoms with Gasteiger partial charge in [-0.05, 0) is 33.6 Å². The molecule has 0 bridgehead atoms. The van der Waals surface area contributed by atoms with Gasteiger partial charge in [-0.15, -0.1) is 5.11 Å². The number of hydrogen-bond donors (Lipinski definition) is 4. The zero-order chi connectivity index (χ0) is 22.5. The molecular formula is C16H21B6N5O2. The van der Waals surface area contributed by atoms with Crippen LogP contribution < -0.4 is 16.4 Å². The predicted molar refractivity (Wildman–Crippen MR) is 119 cm³/mol. The second-order valence-electron chi connectivity index (χ2n) is 8.98. The van der Waals surface area contributed by atoms with Crippen LogP contribution in [0.4, 0.5) is 11.8 Å². The minimum atomic E-state index is -2.11. The lowest BCUT2D eigenvalue weighted by atomic mass is 9.21. The maximum atomic E-state index is 11.8. The summed E-state index contributed by atoms with van der Waals surface area (Å²) in [6.07, 6.45) is 1.16. The van der Waals surface area contributed by atoms with Crippen molar-refractivity contribution in [1.29, 1.82) is 0 Å². The van der Waals surface area contributed by atoms with Gasteiger partial charge in [-0.1, -0.05) is 11.7 Å². The van der Waals surface area contributed by atoms with Crippen molar-refractivity contribution in [3.8, 4) is 0 Å². The summed E-state index contributed by atoms with van der Waals surface area (Å²) in [7, 11) is 35.8. The topological polar surface area (TPSA) is 113 Å². The maximum absolute atomic E-state index is 11.8. The van der Waals surface area contributed by atoms with Crippen molar-refractivity contribution in [1.82, 2.24) is 9.97 Å². The fourth-order valence-electron chi connectivity index (χ4n) is 3.35. The molecule has 1 fully saturated rings. The number of nitrogens with one attached hydrogen (secondary N) is 2. The van der Waals surface area contributed by atoms with Gasteiger partial charge < -0.3 is 21.5 Å². The highest BCUT2D eigenvalue weighted by molar-refractivity contribution is 6.63. The molecule has 0 aromatic carbocycles. The van der Waals surface area contributed by atoms with Crippen LogP contribution in [0.1, 0.15) is 50.4 Å². The Labute approximate surface area is 180 Å². The summed E-state index contributed by atoms with van der Waals surface area (Å²) in [5.74, 6) is -0.414. The normalized spacial score (nSPS) is 30.5. The molecule has 1 heterocycles. The van der Waals surface area contributed by atoms with Gasteiger partial charge in [-0.25, -0.2) is 4.98 Å². The number of aromatic nitrogens is 2. The van der Waals surface area contributed by atoms with Crippen molar-refractivity contribution in [2.45, 2.75) is 66.9 Å². The molecular weight excluding hydrogens is 359 g/mol. The molecule has 0 saturated heterocycles. The standard InChI is InChI=1S/C16H21B6N5O2/c1-12(2,3)27-11-24-6-8(9(23)28)10(25-11)26-13(17)4-5-14(18,16(20,21)22)15(19,29)7-13/h6,29H,4-5,7H2,1-3H3,(H2,23,28)(H2,24,25,26,27). The van der Waals surface area contributed by atoms with Gasteiger partial charge >= 0.3 is 0 Å². The van der Waals surface area contributed by atoms with Gasteiger partial charge in [0.25, 0.3) is 5.91 Å². The lowest BCUT2D eigenvalue weighted by Crippen LogP contribution is -2.62. The summed E-state index contributed by atoms with van der Waals surface area (Å²) in [6.45, 7) is 5.77. The van der Waals surface area contributed by atoms with Crippen LogP contribution in [0.5, 0.6) is 0 Å². The minimum absolute atomic E-state index is 0.00289. The van der Waals surface area contributed by atoms with E-state index >= 15 is 0 Å². The predicted octanol–water partition coefficient (Wildman–Crippen LogP) is -0.990. The number of nitrogens with zero attached hydrogens (tertiary/aromatic N) is 2. The molecule has 1 aromatic rings. The molecule has 3 unspecified atom stereocenters. The van der Waals surface area contributed by atoms with Crippen LogP contribution >= 0.6 is 0 Å². The summed E-state index contributed by atoms with van der Waals surface area (Å²) in [5, 5.41) is 13.2. The first-order valence-corrected chi connectivity index (χ1v) is 9.08. The highest BCUT2D eigenvalue weighted by atomic mass is 16.3. The average Bonchev–Trinajstić information content (AvgIpc) is 2.47. The molecule has 12 radical (unpaired) electrons. The summed E-state index contributed by atoms with van der Waals surface area (Å²) in [5.41, 5.74) is 1.69. The van der Waals surface area contributed by atoms with Crippen molar-refractivity contribution in [3.05, 3.63) is 11.8 Å². The second-order valence-corrected chi connectivity index (χ2v) is 8.98. The van der Waals surface area contributed by atoms with Gasteiger partial charge in [0.1, 0.15) is 21.5 Å². The Kier molecular flexibility index (Phi) is 6.01. The summed E-state index contributed by atoms with van der Waals surface area (Å²) < 4.78 is 0. The Morgan fingerprint density at radius 1 is 1.21 bits per heavy atom. The van der Waals surface area contributed by atoms with Crippen LogP contribution in [0.3, 0.4) is 0 Å². The smallest absolute Gasteiger partial charge is 0.254 e. The van der Waals surface area contributed by atoms with Crippen molar-refractivity contribution < 1.29 is 9.90 Å². The summed E-state index contributed by atoms with van der Waals surface area (Å²) in [6, 6.07) is 0. The zero-order valence-electron chi connectivity index (χ0n) is 17.0. The number of carbonyl (C=O) groups excluding carboxylic acids is 1. The van der Waals surface area contributed by atoms with E-state index in [1.54, 1.807) is 0 Å². The third kappa shape index (κ3) is 4.98. The molecule has 1 amide bonds. The molecule has 13 heteroatoms. The molecule has 2 rings (SSSR count). The first-order chi connectivity index (χ1) is 12.9. The van der Waals surface area contributed by atoms with E-state index < -0.39 is 27.3 Å². The van der Waals surface area contributed by atoms with E-state index in [0.717, 1.165) is 0 Å². The van der Waals surface area contributed by atoms with E-state index in [1.807, 2.05) is 20.8 Å². The molecule has 29 heavy (non-hydrogen) atoms. The molecule has 7 nitrogen and oxygen atoms in total. The van der Waals surface area contributed by atoms with Gasteiger partial charge in [0.2, 0.25) is 5.95 Å². The number of nitrogens with two attached hydrogens (primary N) is 1. The van der Waals surface area contributed by atoms with Gasteiger partial charge in [-0.2, -0.15) is 4.98 Å². The van der Waals surface area contributed by atoms with Crippen molar-refractivity contribution >= 4 is 64.8 Å². The van der Waals surface area contributed by atoms with Gasteiger partial charge in [0.05, 0.1) is 36.9 Å². The number of hydrogen-bond acceptors (Lipinski definition) is 6. The van der Waals surface area contributed by atoms with Crippen LogP contribution in [0.15, 0.2) is 6.20 Å². The number of primary amides is 1. The van der Waals surface area contributed by atoms with E-state index in [4.69, 9.17) is 52.8 Å². The lowest BCUT2D eigenvalue weighted by molar-refractivity contribution is 0.0274. The van der Waals surface area contributed by atoms with E-state index in [1.165, 1.54) is 6.20 Å². The number of aliphatic hydroxyl groups is 1. The monoisotopic (exact) mass is 381 g/mol. The number of anilines is 2. The Hall–Kier alpha value is -1.50. The third-order valence-electron chi connectivity index (χ3n) is 5.00. The Balaban J connectivity index is 2.38. The van der Waals surface area contributed by atoms with Crippen molar-refractivity contribution in [2.75, 3.05) is 10.6 Å². The summed E-state index contributed by atoms with van der Waals surface area (Å²) in [4.78, 5) is 20.2. The lowest BCUT2D eigenvalue weighted by Gasteiger charge is -2.61. The highest BCUT2D eigenvalue weighted by Crippen LogP contribution is 2.59. The quantitative estimate of drug-likeness (QED) is 0.488. The Morgan fingerprint density at radius 2 is 1.79 bits per heavy atom. The van der Waals surface area contributed by atoms with Crippen molar-refractivity contribution in [2.24, 2.45) is 5.73 Å². The molecule has 0 spiro atoms. The van der Waals surface area contributed by atoms with Gasteiger partial charge in [-0.3, -0.25) is 4.79 Å². The molecule has 1 aromatic heterocycles. The first-order valence-electron chi connectivity index (χ1n) is 9.08. The second kappa shape index (κ2) is 7.33. The van der Waals surface area contributed by atoms with Gasteiger partial charge in [0, 0.05) is 22.7 Å². The van der Waals surface area contributed by atoms with Crippen LogP contribution in [0, 0.1) is 0 Å². The van der Waals surface area contributed by atoms with Crippen LogP contribution in [-0.2, 0) is 0 Å². The van der Waals surface area contributed by atoms with E-state index in [2.05, 4.69) is 20.6 Å². The Morgan fingerprint density at radius 3 is 2.24 bits per heavy atom. The molecule has 1 aliphatic carbocycles. The molecule has 1 saturated carbocycles. The number of rotatable bonds is 5. The van der Waals surface area contributed by atoms with Crippen molar-refractivity contribution in [3.63, 3.8) is 0 Å². The minimum Gasteiger partial charge on any atom is -0.400 e.